The Hall–Kier alpha value is -2.15. The van der Waals surface area contributed by atoms with Crippen LogP contribution in [0.5, 0.6) is 0 Å². The Kier molecular flexibility index (Phi) is 6.08. The number of rotatable bonds is 7. The van der Waals surface area contributed by atoms with Crippen molar-refractivity contribution >= 4 is 21.7 Å². The molecule has 1 fully saturated rings. The van der Waals surface area contributed by atoms with E-state index in [1.54, 1.807) is 6.07 Å². The van der Waals surface area contributed by atoms with Crippen molar-refractivity contribution in [1.82, 2.24) is 10.2 Å². The lowest BCUT2D eigenvalue weighted by Crippen LogP contribution is -2.35. The number of aromatic nitrogens is 2. The molecule has 7 heteroatoms. The number of nitrogens with one attached hydrogen (secondary N) is 1. The van der Waals surface area contributed by atoms with E-state index in [4.69, 9.17) is 0 Å². The first-order chi connectivity index (χ1) is 12.6. The quantitative estimate of drug-likeness (QED) is 0.806. The number of anilines is 2. The first-order valence-electron chi connectivity index (χ1n) is 9.19. The molecule has 6 nitrogen and oxygen atoms in total. The van der Waals surface area contributed by atoms with E-state index in [0.717, 1.165) is 38.2 Å². The van der Waals surface area contributed by atoms with Gasteiger partial charge in [-0.25, -0.2) is 8.42 Å². The van der Waals surface area contributed by atoms with Crippen LogP contribution in [0, 0.1) is 5.92 Å². The SMILES string of the molecule is CCCS(=O)(=O)Nc1ccc(N2CCC(Cc3ccccc3)CC2)nn1. The van der Waals surface area contributed by atoms with Crippen molar-refractivity contribution in [2.24, 2.45) is 5.92 Å². The third-order valence-corrected chi connectivity index (χ3v) is 6.15. The summed E-state index contributed by atoms with van der Waals surface area (Å²) < 4.78 is 26.0. The summed E-state index contributed by atoms with van der Waals surface area (Å²) >= 11 is 0. The highest BCUT2D eigenvalue weighted by Gasteiger charge is 2.21. The molecular weight excluding hydrogens is 348 g/mol. The van der Waals surface area contributed by atoms with Crippen LogP contribution in [-0.2, 0) is 16.4 Å². The van der Waals surface area contributed by atoms with Gasteiger partial charge in [-0.1, -0.05) is 37.3 Å². The molecule has 2 aromatic rings. The summed E-state index contributed by atoms with van der Waals surface area (Å²) in [4.78, 5) is 2.22. The van der Waals surface area contributed by atoms with Gasteiger partial charge >= 0.3 is 0 Å². The normalized spacial score (nSPS) is 15.8. The second kappa shape index (κ2) is 8.49. The van der Waals surface area contributed by atoms with Crippen molar-refractivity contribution in [3.8, 4) is 0 Å². The van der Waals surface area contributed by atoms with Crippen LogP contribution in [0.15, 0.2) is 42.5 Å². The Morgan fingerprint density at radius 1 is 1.08 bits per heavy atom. The molecule has 1 N–H and O–H groups in total. The average molecular weight is 375 g/mol. The van der Waals surface area contributed by atoms with Crippen molar-refractivity contribution in [2.45, 2.75) is 32.6 Å². The van der Waals surface area contributed by atoms with Gasteiger partial charge in [0.1, 0.15) is 0 Å². The zero-order valence-corrected chi connectivity index (χ0v) is 16.0. The first kappa shape index (κ1) is 18.6. The number of nitrogens with zero attached hydrogens (tertiary/aromatic N) is 3. The zero-order chi connectivity index (χ0) is 18.4. The zero-order valence-electron chi connectivity index (χ0n) is 15.1. The minimum Gasteiger partial charge on any atom is -0.355 e. The van der Waals surface area contributed by atoms with E-state index in [0.29, 0.717) is 12.3 Å². The largest absolute Gasteiger partial charge is 0.355 e. The van der Waals surface area contributed by atoms with Crippen LogP contribution in [0.4, 0.5) is 11.6 Å². The third-order valence-electron chi connectivity index (χ3n) is 4.69. The predicted molar refractivity (Wildman–Crippen MR) is 105 cm³/mol. The van der Waals surface area contributed by atoms with E-state index < -0.39 is 10.0 Å². The summed E-state index contributed by atoms with van der Waals surface area (Å²) in [5, 5.41) is 8.23. The predicted octanol–water partition coefficient (Wildman–Crippen LogP) is 3.09. The molecule has 1 aromatic heterocycles. The Morgan fingerprint density at radius 3 is 2.42 bits per heavy atom. The van der Waals surface area contributed by atoms with Crippen LogP contribution in [0.25, 0.3) is 0 Å². The summed E-state index contributed by atoms with van der Waals surface area (Å²) in [5.41, 5.74) is 1.40. The topological polar surface area (TPSA) is 75.2 Å². The molecule has 0 radical (unpaired) electrons. The van der Waals surface area contributed by atoms with E-state index in [-0.39, 0.29) is 11.6 Å². The monoisotopic (exact) mass is 374 g/mol. The summed E-state index contributed by atoms with van der Waals surface area (Å²) in [5.74, 6) is 1.87. The van der Waals surface area contributed by atoms with Crippen molar-refractivity contribution in [3.05, 3.63) is 48.0 Å². The van der Waals surface area contributed by atoms with Crippen LogP contribution in [-0.4, -0.2) is 37.5 Å². The molecule has 0 bridgehead atoms. The second-order valence-corrected chi connectivity index (χ2v) is 8.66. The number of hydrogen-bond donors (Lipinski definition) is 1. The van der Waals surface area contributed by atoms with Crippen molar-refractivity contribution in [1.29, 1.82) is 0 Å². The van der Waals surface area contributed by atoms with Gasteiger partial charge in [0.15, 0.2) is 11.6 Å². The minimum absolute atomic E-state index is 0.0886. The second-order valence-electron chi connectivity index (χ2n) is 6.82. The average Bonchev–Trinajstić information content (AvgIpc) is 2.63. The molecule has 140 valence electrons. The molecule has 1 saturated heterocycles. The van der Waals surface area contributed by atoms with Gasteiger partial charge in [0, 0.05) is 13.1 Å². The Labute approximate surface area is 155 Å². The number of piperidine rings is 1. The number of hydrogen-bond acceptors (Lipinski definition) is 5. The van der Waals surface area contributed by atoms with E-state index in [1.165, 1.54) is 5.56 Å². The molecule has 0 amide bonds. The lowest BCUT2D eigenvalue weighted by Gasteiger charge is -2.32. The standard InChI is InChI=1S/C19H26N4O2S/c1-2-14-26(24,25)22-18-8-9-19(21-20-18)23-12-10-17(11-13-23)15-16-6-4-3-5-7-16/h3-9,17H,2,10-15H2,1H3,(H,20,22). The molecule has 0 atom stereocenters. The molecule has 0 spiro atoms. The maximum atomic E-state index is 11.8. The number of sulfonamides is 1. The van der Waals surface area contributed by atoms with Gasteiger partial charge in [-0.05, 0) is 49.3 Å². The maximum Gasteiger partial charge on any atom is 0.233 e. The highest BCUT2D eigenvalue weighted by Crippen LogP contribution is 2.24. The van der Waals surface area contributed by atoms with E-state index in [9.17, 15) is 8.42 Å². The molecule has 3 rings (SSSR count). The van der Waals surface area contributed by atoms with Crippen molar-refractivity contribution in [2.75, 3.05) is 28.5 Å². The molecule has 1 aliphatic rings. The van der Waals surface area contributed by atoms with Crippen LogP contribution in [0.1, 0.15) is 31.7 Å². The summed E-state index contributed by atoms with van der Waals surface area (Å²) in [6, 6.07) is 14.1. The first-order valence-corrected chi connectivity index (χ1v) is 10.8. The molecule has 0 unspecified atom stereocenters. The highest BCUT2D eigenvalue weighted by atomic mass is 32.2. The van der Waals surface area contributed by atoms with Crippen LogP contribution in [0.3, 0.4) is 0 Å². The third kappa shape index (κ3) is 5.17. The van der Waals surface area contributed by atoms with Gasteiger partial charge in [0.05, 0.1) is 5.75 Å². The molecule has 0 aliphatic carbocycles. The van der Waals surface area contributed by atoms with Gasteiger partial charge in [-0.15, -0.1) is 10.2 Å². The summed E-state index contributed by atoms with van der Waals surface area (Å²) in [6.07, 6.45) is 3.94. The van der Waals surface area contributed by atoms with Gasteiger partial charge < -0.3 is 4.90 Å². The lowest BCUT2D eigenvalue weighted by atomic mass is 9.90. The van der Waals surface area contributed by atoms with Gasteiger partial charge in [0.25, 0.3) is 0 Å². The Morgan fingerprint density at radius 2 is 1.81 bits per heavy atom. The fourth-order valence-electron chi connectivity index (χ4n) is 3.34. The fraction of sp³-hybridized carbons (Fsp3) is 0.474. The molecule has 26 heavy (non-hydrogen) atoms. The molecule has 1 aliphatic heterocycles. The van der Waals surface area contributed by atoms with Gasteiger partial charge in [0.2, 0.25) is 10.0 Å². The fourth-order valence-corrected chi connectivity index (χ4v) is 4.41. The molecule has 0 saturated carbocycles. The minimum atomic E-state index is -3.33. The van der Waals surface area contributed by atoms with Crippen LogP contribution < -0.4 is 9.62 Å². The Balaban J connectivity index is 1.53. The van der Waals surface area contributed by atoms with Gasteiger partial charge in [-0.3, -0.25) is 4.72 Å². The van der Waals surface area contributed by atoms with Crippen molar-refractivity contribution < 1.29 is 8.42 Å². The summed E-state index contributed by atoms with van der Waals surface area (Å²) in [7, 11) is -3.33. The smallest absolute Gasteiger partial charge is 0.233 e. The van der Waals surface area contributed by atoms with E-state index in [2.05, 4.69) is 50.2 Å². The van der Waals surface area contributed by atoms with E-state index >= 15 is 0 Å². The van der Waals surface area contributed by atoms with Gasteiger partial charge in [-0.2, -0.15) is 0 Å². The highest BCUT2D eigenvalue weighted by molar-refractivity contribution is 7.92. The maximum absolute atomic E-state index is 11.8. The molecule has 1 aromatic carbocycles. The Bertz CT molecular complexity index is 786. The lowest BCUT2D eigenvalue weighted by molar-refractivity contribution is 0.402. The van der Waals surface area contributed by atoms with Crippen molar-refractivity contribution in [3.63, 3.8) is 0 Å². The van der Waals surface area contributed by atoms with Crippen LogP contribution >= 0.6 is 0 Å². The molecular formula is C19H26N4O2S. The van der Waals surface area contributed by atoms with E-state index in [1.807, 2.05) is 13.0 Å². The molecule has 2 heterocycles. The summed E-state index contributed by atoms with van der Waals surface area (Å²) in [6.45, 7) is 3.73. The van der Waals surface area contributed by atoms with Crippen LogP contribution in [0.2, 0.25) is 0 Å². The number of benzene rings is 1.